The van der Waals surface area contributed by atoms with Gasteiger partial charge in [0.2, 0.25) is 5.91 Å². The Morgan fingerprint density at radius 1 is 1.25 bits per heavy atom. The van der Waals surface area contributed by atoms with E-state index >= 15 is 0 Å². The van der Waals surface area contributed by atoms with Crippen molar-refractivity contribution in [3.63, 3.8) is 0 Å². The number of nitrogens with one attached hydrogen (secondary N) is 1. The molecule has 0 aliphatic rings. The molecule has 0 aromatic heterocycles. The van der Waals surface area contributed by atoms with E-state index in [0.29, 0.717) is 13.1 Å². The summed E-state index contributed by atoms with van der Waals surface area (Å²) >= 11 is 0. The first-order valence-corrected chi connectivity index (χ1v) is 7.29. The maximum absolute atomic E-state index is 12.1. The zero-order valence-electron chi connectivity index (χ0n) is 12.5. The second-order valence-electron chi connectivity index (χ2n) is 5.12. The summed E-state index contributed by atoms with van der Waals surface area (Å²) in [4.78, 5) is 12.1. The van der Waals surface area contributed by atoms with E-state index in [9.17, 15) is 4.79 Å². The molecule has 0 radical (unpaired) electrons. The van der Waals surface area contributed by atoms with Crippen LogP contribution in [0, 0.1) is 0 Å². The lowest BCUT2D eigenvalue weighted by Gasteiger charge is -2.15. The number of hydrogen-bond donors (Lipinski definition) is 2. The molecule has 1 amide bonds. The largest absolute Gasteiger partial charge is 0.379 e. The summed E-state index contributed by atoms with van der Waals surface area (Å²) in [5.74, 6) is -0.258. The SMILES string of the molecule is CC(C)OCCCCNC(=O)C(CN)c1ccccc1. The van der Waals surface area contributed by atoms with Crippen LogP contribution in [0.25, 0.3) is 0 Å². The maximum Gasteiger partial charge on any atom is 0.228 e. The second-order valence-corrected chi connectivity index (χ2v) is 5.12. The molecular formula is C16H26N2O2. The van der Waals surface area contributed by atoms with Crippen LogP contribution >= 0.6 is 0 Å². The highest BCUT2D eigenvalue weighted by Gasteiger charge is 2.17. The van der Waals surface area contributed by atoms with Crippen molar-refractivity contribution in [2.24, 2.45) is 5.73 Å². The van der Waals surface area contributed by atoms with Crippen LogP contribution in [0.2, 0.25) is 0 Å². The molecule has 20 heavy (non-hydrogen) atoms. The Morgan fingerprint density at radius 3 is 2.55 bits per heavy atom. The highest BCUT2D eigenvalue weighted by atomic mass is 16.5. The van der Waals surface area contributed by atoms with Crippen LogP contribution in [-0.2, 0) is 9.53 Å². The molecule has 0 saturated carbocycles. The van der Waals surface area contributed by atoms with Crippen LogP contribution in [0.3, 0.4) is 0 Å². The van der Waals surface area contributed by atoms with Crippen molar-refractivity contribution in [2.75, 3.05) is 19.7 Å². The van der Waals surface area contributed by atoms with E-state index in [1.165, 1.54) is 0 Å². The molecule has 0 bridgehead atoms. The van der Waals surface area contributed by atoms with Gasteiger partial charge in [0.15, 0.2) is 0 Å². The lowest BCUT2D eigenvalue weighted by Crippen LogP contribution is -2.34. The fraction of sp³-hybridized carbons (Fsp3) is 0.562. The zero-order valence-corrected chi connectivity index (χ0v) is 12.5. The van der Waals surface area contributed by atoms with Gasteiger partial charge in [-0.3, -0.25) is 4.79 Å². The molecule has 0 fully saturated rings. The number of carbonyl (C=O) groups is 1. The number of nitrogens with two attached hydrogens (primary N) is 1. The van der Waals surface area contributed by atoms with Crippen LogP contribution < -0.4 is 11.1 Å². The van der Waals surface area contributed by atoms with Gasteiger partial charge in [0, 0.05) is 19.7 Å². The van der Waals surface area contributed by atoms with Crippen molar-refractivity contribution >= 4 is 5.91 Å². The van der Waals surface area contributed by atoms with E-state index in [4.69, 9.17) is 10.5 Å². The Labute approximate surface area is 121 Å². The fourth-order valence-corrected chi connectivity index (χ4v) is 1.96. The van der Waals surface area contributed by atoms with Crippen LogP contribution in [-0.4, -0.2) is 31.7 Å². The molecule has 0 saturated heterocycles. The Morgan fingerprint density at radius 2 is 1.95 bits per heavy atom. The monoisotopic (exact) mass is 278 g/mol. The minimum atomic E-state index is -0.261. The predicted molar refractivity (Wildman–Crippen MR) is 81.6 cm³/mol. The van der Waals surface area contributed by atoms with E-state index in [0.717, 1.165) is 25.0 Å². The minimum Gasteiger partial charge on any atom is -0.379 e. The normalized spacial score (nSPS) is 12.4. The number of ether oxygens (including phenoxy) is 1. The van der Waals surface area contributed by atoms with E-state index in [1.807, 2.05) is 44.2 Å². The van der Waals surface area contributed by atoms with Gasteiger partial charge in [0.05, 0.1) is 12.0 Å². The third-order valence-electron chi connectivity index (χ3n) is 3.08. The quantitative estimate of drug-likeness (QED) is 0.680. The van der Waals surface area contributed by atoms with Crippen LogP contribution in [0.1, 0.15) is 38.2 Å². The minimum absolute atomic E-state index is 0.00322. The summed E-state index contributed by atoms with van der Waals surface area (Å²) in [6.45, 7) is 5.78. The van der Waals surface area contributed by atoms with E-state index in [1.54, 1.807) is 0 Å². The van der Waals surface area contributed by atoms with Crippen LogP contribution in [0.5, 0.6) is 0 Å². The molecule has 4 nitrogen and oxygen atoms in total. The predicted octanol–water partition coefficient (Wildman–Crippen LogP) is 2.05. The fourth-order valence-electron chi connectivity index (χ4n) is 1.96. The second kappa shape index (κ2) is 9.50. The van der Waals surface area contributed by atoms with Gasteiger partial charge in [-0.05, 0) is 32.3 Å². The number of hydrogen-bond acceptors (Lipinski definition) is 3. The van der Waals surface area contributed by atoms with E-state index in [2.05, 4.69) is 5.32 Å². The molecule has 0 aliphatic carbocycles. The average Bonchev–Trinajstić information content (AvgIpc) is 2.44. The standard InChI is InChI=1S/C16H26N2O2/c1-13(2)20-11-7-6-10-18-16(19)15(12-17)14-8-4-3-5-9-14/h3-5,8-9,13,15H,6-7,10-12,17H2,1-2H3,(H,18,19). The molecule has 1 rings (SSSR count). The first-order valence-electron chi connectivity index (χ1n) is 7.29. The van der Waals surface area contributed by atoms with Gasteiger partial charge in [-0.1, -0.05) is 30.3 Å². The van der Waals surface area contributed by atoms with Crippen molar-refractivity contribution in [3.8, 4) is 0 Å². The number of rotatable bonds is 9. The first kappa shape index (κ1) is 16.7. The lowest BCUT2D eigenvalue weighted by atomic mass is 9.98. The third kappa shape index (κ3) is 6.17. The molecule has 0 aliphatic heterocycles. The van der Waals surface area contributed by atoms with Gasteiger partial charge in [-0.2, -0.15) is 0 Å². The zero-order chi connectivity index (χ0) is 14.8. The summed E-state index contributed by atoms with van der Waals surface area (Å²) in [7, 11) is 0. The van der Waals surface area contributed by atoms with Gasteiger partial charge >= 0.3 is 0 Å². The molecule has 1 atom stereocenters. The molecule has 0 spiro atoms. The lowest BCUT2D eigenvalue weighted by molar-refractivity contribution is -0.122. The highest BCUT2D eigenvalue weighted by molar-refractivity contribution is 5.83. The van der Waals surface area contributed by atoms with Gasteiger partial charge in [-0.15, -0.1) is 0 Å². The number of amides is 1. The van der Waals surface area contributed by atoms with Crippen molar-refractivity contribution in [1.82, 2.24) is 5.32 Å². The first-order chi connectivity index (χ1) is 9.65. The Bertz CT molecular complexity index is 379. The van der Waals surface area contributed by atoms with Gasteiger partial charge < -0.3 is 15.8 Å². The average molecular weight is 278 g/mol. The molecule has 1 unspecified atom stereocenters. The van der Waals surface area contributed by atoms with Crippen LogP contribution in [0.15, 0.2) is 30.3 Å². The highest BCUT2D eigenvalue weighted by Crippen LogP contribution is 2.13. The van der Waals surface area contributed by atoms with Gasteiger partial charge in [0.1, 0.15) is 0 Å². The van der Waals surface area contributed by atoms with Crippen molar-refractivity contribution in [3.05, 3.63) is 35.9 Å². The Hall–Kier alpha value is -1.39. The molecule has 4 heteroatoms. The van der Waals surface area contributed by atoms with Crippen molar-refractivity contribution in [1.29, 1.82) is 0 Å². The van der Waals surface area contributed by atoms with Gasteiger partial charge in [0.25, 0.3) is 0 Å². The van der Waals surface area contributed by atoms with Gasteiger partial charge in [-0.25, -0.2) is 0 Å². The number of benzene rings is 1. The number of unbranched alkanes of at least 4 members (excludes halogenated alkanes) is 1. The summed E-state index contributed by atoms with van der Waals surface area (Å²) in [6.07, 6.45) is 2.14. The van der Waals surface area contributed by atoms with E-state index < -0.39 is 0 Å². The molecule has 0 heterocycles. The molecule has 3 N–H and O–H groups in total. The van der Waals surface area contributed by atoms with Crippen LogP contribution in [0.4, 0.5) is 0 Å². The molecule has 112 valence electrons. The smallest absolute Gasteiger partial charge is 0.228 e. The Balaban J connectivity index is 2.27. The summed E-state index contributed by atoms with van der Waals surface area (Å²) in [5.41, 5.74) is 6.68. The summed E-state index contributed by atoms with van der Waals surface area (Å²) in [5, 5.41) is 2.95. The number of carbonyl (C=O) groups excluding carboxylic acids is 1. The molecule has 1 aromatic carbocycles. The van der Waals surface area contributed by atoms with Crippen molar-refractivity contribution in [2.45, 2.75) is 38.7 Å². The van der Waals surface area contributed by atoms with Crippen molar-refractivity contribution < 1.29 is 9.53 Å². The Kier molecular flexibility index (Phi) is 7.92. The maximum atomic E-state index is 12.1. The molecular weight excluding hydrogens is 252 g/mol. The third-order valence-corrected chi connectivity index (χ3v) is 3.08. The van der Waals surface area contributed by atoms with E-state index in [-0.39, 0.29) is 17.9 Å². The summed E-state index contributed by atoms with van der Waals surface area (Å²) in [6, 6.07) is 9.66. The summed E-state index contributed by atoms with van der Waals surface area (Å²) < 4.78 is 5.45. The topological polar surface area (TPSA) is 64.3 Å². The molecule has 1 aromatic rings.